The highest BCUT2D eigenvalue weighted by atomic mass is 16.5. The second-order valence-electron chi connectivity index (χ2n) is 3.31. The average Bonchev–Trinajstić information content (AvgIpc) is 2.28. The number of carbonyl (C=O) groups is 2. The molecule has 17 heavy (non-hydrogen) atoms. The summed E-state index contributed by atoms with van der Waals surface area (Å²) in [6.07, 6.45) is 1.38. The maximum absolute atomic E-state index is 11.6. The predicted octanol–water partition coefficient (Wildman–Crippen LogP) is 2.40. The number of nitrogens with zero attached hydrogens (tertiary/aromatic N) is 1. The second-order valence-corrected chi connectivity index (χ2v) is 3.31. The van der Waals surface area contributed by atoms with Gasteiger partial charge in [0.2, 0.25) is 0 Å². The van der Waals surface area contributed by atoms with Gasteiger partial charge in [-0.25, -0.2) is 14.6 Å². The molecule has 5 nitrogen and oxygen atoms in total. The number of ether oxygens (including phenoxy) is 1. The number of urea groups is 1. The van der Waals surface area contributed by atoms with Gasteiger partial charge in [0.05, 0.1) is 18.4 Å². The fourth-order valence-electron chi connectivity index (χ4n) is 1.41. The van der Waals surface area contributed by atoms with Crippen molar-refractivity contribution < 1.29 is 14.3 Å². The lowest BCUT2D eigenvalue weighted by Crippen LogP contribution is -2.13. The Bertz CT molecular complexity index is 467. The third kappa shape index (κ3) is 3.14. The standard InChI is InChI=1S/C12H14N2O3/c1-4-13-12(16)14-9-7-5-6-8(2)10(9)11(15)17-3/h4-7H,1-3H3,(H,14,16). The van der Waals surface area contributed by atoms with E-state index in [9.17, 15) is 9.59 Å². The molecule has 0 aliphatic carbocycles. The van der Waals surface area contributed by atoms with Crippen LogP contribution in [0.3, 0.4) is 0 Å². The minimum Gasteiger partial charge on any atom is -0.465 e. The van der Waals surface area contributed by atoms with Crippen molar-refractivity contribution in [1.82, 2.24) is 0 Å². The lowest BCUT2D eigenvalue weighted by molar-refractivity contribution is 0.0601. The van der Waals surface area contributed by atoms with E-state index in [4.69, 9.17) is 0 Å². The maximum atomic E-state index is 11.6. The molecule has 0 atom stereocenters. The number of hydrogen-bond donors (Lipinski definition) is 1. The zero-order chi connectivity index (χ0) is 12.8. The summed E-state index contributed by atoms with van der Waals surface area (Å²) in [5.41, 5.74) is 1.47. The molecule has 0 heterocycles. The Labute approximate surface area is 99.5 Å². The molecule has 1 rings (SSSR count). The summed E-state index contributed by atoms with van der Waals surface area (Å²) in [4.78, 5) is 26.5. The molecule has 5 heteroatoms. The fourth-order valence-corrected chi connectivity index (χ4v) is 1.41. The minimum atomic E-state index is -0.525. The van der Waals surface area contributed by atoms with E-state index < -0.39 is 12.0 Å². The summed E-state index contributed by atoms with van der Waals surface area (Å²) >= 11 is 0. The highest BCUT2D eigenvalue weighted by molar-refractivity contribution is 6.03. The molecular weight excluding hydrogens is 220 g/mol. The van der Waals surface area contributed by atoms with Crippen molar-refractivity contribution in [3.05, 3.63) is 29.3 Å². The Morgan fingerprint density at radius 1 is 1.41 bits per heavy atom. The van der Waals surface area contributed by atoms with Crippen LogP contribution in [0.1, 0.15) is 22.8 Å². The number of aliphatic imine (C=N–C) groups is 1. The molecule has 0 aliphatic heterocycles. The van der Waals surface area contributed by atoms with E-state index in [1.165, 1.54) is 13.3 Å². The normalized spacial score (nSPS) is 10.3. The first-order valence-corrected chi connectivity index (χ1v) is 5.07. The van der Waals surface area contributed by atoms with Crippen LogP contribution in [0.25, 0.3) is 0 Å². The van der Waals surface area contributed by atoms with Gasteiger partial charge in [-0.15, -0.1) is 0 Å². The third-order valence-corrected chi connectivity index (χ3v) is 2.15. The molecular formula is C12H14N2O3. The van der Waals surface area contributed by atoms with Crippen LogP contribution in [0.4, 0.5) is 10.5 Å². The van der Waals surface area contributed by atoms with Crippen LogP contribution in [-0.4, -0.2) is 25.3 Å². The number of anilines is 1. The summed E-state index contributed by atoms with van der Waals surface area (Å²) in [6.45, 7) is 3.40. The van der Waals surface area contributed by atoms with Crippen LogP contribution in [0.2, 0.25) is 0 Å². The van der Waals surface area contributed by atoms with Gasteiger partial charge in [-0.2, -0.15) is 0 Å². The summed E-state index contributed by atoms with van der Waals surface area (Å²) in [5, 5.41) is 2.53. The van der Waals surface area contributed by atoms with Crippen LogP contribution in [0.5, 0.6) is 0 Å². The van der Waals surface area contributed by atoms with Crippen LogP contribution in [0, 0.1) is 6.92 Å². The monoisotopic (exact) mass is 234 g/mol. The van der Waals surface area contributed by atoms with Crippen LogP contribution < -0.4 is 5.32 Å². The quantitative estimate of drug-likeness (QED) is 0.631. The van der Waals surface area contributed by atoms with E-state index in [-0.39, 0.29) is 0 Å². The van der Waals surface area contributed by atoms with Crippen molar-refractivity contribution >= 4 is 23.9 Å². The highest BCUT2D eigenvalue weighted by Gasteiger charge is 2.15. The van der Waals surface area contributed by atoms with E-state index >= 15 is 0 Å². The second kappa shape index (κ2) is 5.79. The highest BCUT2D eigenvalue weighted by Crippen LogP contribution is 2.20. The molecule has 0 unspecified atom stereocenters. The summed E-state index contributed by atoms with van der Waals surface area (Å²) in [7, 11) is 1.30. The van der Waals surface area contributed by atoms with E-state index in [2.05, 4.69) is 15.0 Å². The number of nitrogens with one attached hydrogen (secondary N) is 1. The molecule has 0 spiro atoms. The molecule has 2 amide bonds. The molecule has 0 saturated carbocycles. The van der Waals surface area contributed by atoms with Crippen LogP contribution in [0.15, 0.2) is 23.2 Å². The molecule has 1 aromatic rings. The topological polar surface area (TPSA) is 67.8 Å². The van der Waals surface area contributed by atoms with Crippen molar-refractivity contribution in [2.75, 3.05) is 12.4 Å². The summed E-state index contributed by atoms with van der Waals surface area (Å²) < 4.78 is 4.67. The molecule has 0 aromatic heterocycles. The van der Waals surface area contributed by atoms with Gasteiger partial charge in [0.15, 0.2) is 0 Å². The number of methoxy groups -OCH3 is 1. The van der Waals surface area contributed by atoms with Crippen molar-refractivity contribution in [1.29, 1.82) is 0 Å². The van der Waals surface area contributed by atoms with E-state index in [1.54, 1.807) is 32.0 Å². The van der Waals surface area contributed by atoms with Crippen LogP contribution in [-0.2, 0) is 4.74 Å². The molecule has 0 radical (unpaired) electrons. The lowest BCUT2D eigenvalue weighted by Gasteiger charge is -2.10. The molecule has 90 valence electrons. The number of amides is 2. The molecule has 0 aliphatic rings. The van der Waals surface area contributed by atoms with Crippen LogP contribution >= 0.6 is 0 Å². The maximum Gasteiger partial charge on any atom is 0.345 e. The third-order valence-electron chi connectivity index (χ3n) is 2.15. The van der Waals surface area contributed by atoms with Gasteiger partial charge >= 0.3 is 12.0 Å². The van der Waals surface area contributed by atoms with Gasteiger partial charge in [0.1, 0.15) is 0 Å². The van der Waals surface area contributed by atoms with Gasteiger partial charge in [-0.3, -0.25) is 0 Å². The van der Waals surface area contributed by atoms with Gasteiger partial charge in [0, 0.05) is 6.21 Å². The van der Waals surface area contributed by atoms with Crippen molar-refractivity contribution in [3.8, 4) is 0 Å². The molecule has 1 N–H and O–H groups in total. The molecule has 0 fully saturated rings. The number of aryl methyl sites for hydroxylation is 1. The van der Waals surface area contributed by atoms with Gasteiger partial charge in [-0.05, 0) is 25.5 Å². The molecule has 1 aromatic carbocycles. The van der Waals surface area contributed by atoms with Gasteiger partial charge in [-0.1, -0.05) is 12.1 Å². The van der Waals surface area contributed by atoms with Crippen molar-refractivity contribution in [2.24, 2.45) is 4.99 Å². The Kier molecular flexibility index (Phi) is 4.39. The largest absolute Gasteiger partial charge is 0.465 e. The summed E-state index contributed by atoms with van der Waals surface area (Å²) in [6, 6.07) is 4.61. The number of hydrogen-bond acceptors (Lipinski definition) is 3. The Balaban J connectivity index is 3.11. The van der Waals surface area contributed by atoms with Gasteiger partial charge < -0.3 is 10.1 Å². The number of benzene rings is 1. The molecule has 0 bridgehead atoms. The number of rotatable bonds is 2. The smallest absolute Gasteiger partial charge is 0.345 e. The van der Waals surface area contributed by atoms with E-state index in [1.807, 2.05) is 0 Å². The zero-order valence-corrected chi connectivity index (χ0v) is 9.98. The minimum absolute atomic E-state index is 0.342. The Morgan fingerprint density at radius 2 is 2.12 bits per heavy atom. The average molecular weight is 234 g/mol. The SMILES string of the molecule is CC=NC(=O)Nc1cccc(C)c1C(=O)OC. The van der Waals surface area contributed by atoms with E-state index in [0.717, 1.165) is 5.56 Å². The zero-order valence-electron chi connectivity index (χ0n) is 9.98. The first-order valence-electron chi connectivity index (χ1n) is 5.07. The predicted molar refractivity (Wildman–Crippen MR) is 65.7 cm³/mol. The fraction of sp³-hybridized carbons (Fsp3) is 0.250. The Morgan fingerprint density at radius 3 is 2.71 bits per heavy atom. The Hall–Kier alpha value is -2.17. The summed E-state index contributed by atoms with van der Waals surface area (Å²) in [5.74, 6) is -0.487. The van der Waals surface area contributed by atoms with Crippen molar-refractivity contribution in [3.63, 3.8) is 0 Å². The number of carbonyl (C=O) groups excluding carboxylic acids is 2. The van der Waals surface area contributed by atoms with Crippen molar-refractivity contribution in [2.45, 2.75) is 13.8 Å². The lowest BCUT2D eigenvalue weighted by atomic mass is 10.1. The molecule has 0 saturated heterocycles. The van der Waals surface area contributed by atoms with E-state index in [0.29, 0.717) is 11.3 Å². The number of esters is 1. The first-order chi connectivity index (χ1) is 8.10. The first kappa shape index (κ1) is 12.9. The van der Waals surface area contributed by atoms with Gasteiger partial charge in [0.25, 0.3) is 0 Å².